The van der Waals surface area contributed by atoms with Gasteiger partial charge in [-0.2, -0.15) is 0 Å². The highest BCUT2D eigenvalue weighted by Gasteiger charge is 2.44. The average Bonchev–Trinajstić information content (AvgIpc) is 2.01. The van der Waals surface area contributed by atoms with Gasteiger partial charge in [0, 0.05) is 0 Å². The third-order valence-electron chi connectivity index (χ3n) is 1.57. The average molecular weight is 257 g/mol. The Bertz CT molecular complexity index is 182. The first-order valence-electron chi connectivity index (χ1n) is 3.96. The van der Waals surface area contributed by atoms with Crippen molar-refractivity contribution in [3.63, 3.8) is 0 Å². The first-order valence-corrected chi connectivity index (χ1v) is 4.76. The van der Waals surface area contributed by atoms with Gasteiger partial charge in [-0.15, -0.1) is 0 Å². The highest BCUT2D eigenvalue weighted by Crippen LogP contribution is 2.29. The van der Waals surface area contributed by atoms with Gasteiger partial charge in [0.1, 0.15) is 6.10 Å². The fourth-order valence-electron chi connectivity index (χ4n) is 0.867. The molecule has 0 rings (SSSR count). The number of alkyl halides is 2. The zero-order chi connectivity index (χ0) is 10.6. The maximum Gasteiger partial charge on any atom is 0.357 e. The predicted molar refractivity (Wildman–Crippen MR) is 50.2 cm³/mol. The topological polar surface area (TPSA) is 46.5 Å². The van der Waals surface area contributed by atoms with E-state index in [4.69, 9.17) is 0 Å². The molecule has 5 heteroatoms. The molecule has 0 saturated carbocycles. The van der Waals surface area contributed by atoms with E-state index < -0.39 is 16.7 Å². The summed E-state index contributed by atoms with van der Waals surface area (Å²) in [4.78, 5) is 10.9. The van der Waals surface area contributed by atoms with Crippen LogP contribution in [0.2, 0.25) is 0 Å². The van der Waals surface area contributed by atoms with Crippen molar-refractivity contribution in [1.82, 2.24) is 0 Å². The number of methoxy groups -OCH3 is 1. The lowest BCUT2D eigenvalue weighted by Gasteiger charge is -2.22. The smallest absolute Gasteiger partial charge is 0.357 e. The number of hydrogen-bond acceptors (Lipinski definition) is 3. The fourth-order valence-corrected chi connectivity index (χ4v) is 1.22. The molecule has 0 amide bonds. The summed E-state index contributed by atoms with van der Waals surface area (Å²) in [7, 11) is 1.07. The van der Waals surface area contributed by atoms with Gasteiger partial charge in [-0.05, 0) is 28.3 Å². The van der Waals surface area contributed by atoms with Crippen LogP contribution in [0, 0.1) is 5.92 Å². The van der Waals surface area contributed by atoms with Gasteiger partial charge >= 0.3 is 5.97 Å². The van der Waals surface area contributed by atoms with Crippen LogP contribution in [0.5, 0.6) is 0 Å². The van der Waals surface area contributed by atoms with Crippen molar-refractivity contribution in [3.05, 3.63) is 0 Å². The summed E-state index contributed by atoms with van der Waals surface area (Å²) >= 11 is 2.51. The van der Waals surface area contributed by atoms with Gasteiger partial charge in [-0.3, -0.25) is 0 Å². The molecule has 0 aromatic carbocycles. The van der Waals surface area contributed by atoms with Crippen LogP contribution < -0.4 is 0 Å². The van der Waals surface area contributed by atoms with E-state index in [1.165, 1.54) is 0 Å². The normalized spacial score (nSPS) is 18.1. The number of aliphatic hydroxyl groups is 1. The molecule has 0 spiro atoms. The number of carbonyl (C=O) groups excluding carboxylic acids is 1. The van der Waals surface area contributed by atoms with Crippen LogP contribution >= 0.6 is 15.9 Å². The SMILES string of the molecule is COC(=O)[C@@](F)(Br)[C@@H](O)CC(C)C. The fraction of sp³-hybridized carbons (Fsp3) is 0.875. The standard InChI is InChI=1S/C8H14BrFO3/c1-5(2)4-6(11)8(9,10)7(12)13-3/h5-6,11H,4H2,1-3H3/t6-,8+/m0/s1. The lowest BCUT2D eigenvalue weighted by molar-refractivity contribution is -0.153. The van der Waals surface area contributed by atoms with Crippen LogP contribution in [-0.4, -0.2) is 28.9 Å². The Balaban J connectivity index is 4.35. The van der Waals surface area contributed by atoms with E-state index >= 15 is 0 Å². The maximum absolute atomic E-state index is 13.4. The quantitative estimate of drug-likeness (QED) is 0.615. The number of rotatable bonds is 4. The Morgan fingerprint density at radius 3 is 2.46 bits per heavy atom. The largest absolute Gasteiger partial charge is 0.466 e. The summed E-state index contributed by atoms with van der Waals surface area (Å²) in [5.41, 5.74) is 0. The van der Waals surface area contributed by atoms with Crippen LogP contribution in [0.25, 0.3) is 0 Å². The second-order valence-electron chi connectivity index (χ2n) is 3.26. The maximum atomic E-state index is 13.4. The van der Waals surface area contributed by atoms with Crippen molar-refractivity contribution in [2.75, 3.05) is 7.11 Å². The number of hydrogen-bond donors (Lipinski definition) is 1. The summed E-state index contributed by atoms with van der Waals surface area (Å²) in [5.74, 6) is -1.01. The molecule has 2 atom stereocenters. The zero-order valence-corrected chi connectivity index (χ0v) is 9.47. The summed E-state index contributed by atoms with van der Waals surface area (Å²) in [6, 6.07) is 0. The number of esters is 1. The lowest BCUT2D eigenvalue weighted by atomic mass is 10.0. The van der Waals surface area contributed by atoms with Crippen molar-refractivity contribution in [3.8, 4) is 0 Å². The first-order chi connectivity index (χ1) is 5.82. The number of ether oxygens (including phenoxy) is 1. The summed E-state index contributed by atoms with van der Waals surface area (Å²) in [5, 5.41) is 9.33. The lowest BCUT2D eigenvalue weighted by Crippen LogP contribution is -2.41. The molecule has 0 aromatic rings. The summed E-state index contributed by atoms with van der Waals surface area (Å²) in [6.07, 6.45) is -1.20. The monoisotopic (exact) mass is 256 g/mol. The van der Waals surface area contributed by atoms with E-state index in [0.29, 0.717) is 0 Å². The van der Waals surface area contributed by atoms with Gasteiger partial charge in [-0.25, -0.2) is 9.18 Å². The van der Waals surface area contributed by atoms with Crippen LogP contribution in [0.1, 0.15) is 20.3 Å². The molecule has 13 heavy (non-hydrogen) atoms. The first kappa shape index (κ1) is 12.8. The van der Waals surface area contributed by atoms with Crippen molar-refractivity contribution in [2.45, 2.75) is 31.0 Å². The zero-order valence-electron chi connectivity index (χ0n) is 7.88. The Morgan fingerprint density at radius 2 is 2.15 bits per heavy atom. The third kappa shape index (κ3) is 3.60. The summed E-state index contributed by atoms with van der Waals surface area (Å²) < 4.78 is 15.1. The second-order valence-corrected chi connectivity index (χ2v) is 4.41. The number of carbonyl (C=O) groups is 1. The van der Waals surface area contributed by atoms with Gasteiger partial charge < -0.3 is 9.84 Å². The third-order valence-corrected chi connectivity index (χ3v) is 2.42. The van der Waals surface area contributed by atoms with Crippen molar-refractivity contribution >= 4 is 21.9 Å². The molecule has 0 unspecified atom stereocenters. The Hall–Kier alpha value is -0.160. The van der Waals surface area contributed by atoms with E-state index in [-0.39, 0.29) is 12.3 Å². The van der Waals surface area contributed by atoms with Gasteiger partial charge in [0.2, 0.25) is 0 Å². The molecule has 0 aliphatic rings. The highest BCUT2D eigenvalue weighted by molar-refractivity contribution is 9.10. The molecule has 0 bridgehead atoms. The molecule has 78 valence electrons. The van der Waals surface area contributed by atoms with Crippen molar-refractivity contribution < 1.29 is 19.0 Å². The van der Waals surface area contributed by atoms with Gasteiger partial charge in [-0.1, -0.05) is 13.8 Å². The minimum absolute atomic E-state index is 0.104. The molecule has 1 N–H and O–H groups in total. The van der Waals surface area contributed by atoms with Gasteiger partial charge in [0.05, 0.1) is 7.11 Å². The van der Waals surface area contributed by atoms with Crippen molar-refractivity contribution in [1.29, 1.82) is 0 Å². The van der Waals surface area contributed by atoms with Gasteiger partial charge in [0.15, 0.2) is 0 Å². The van der Waals surface area contributed by atoms with Crippen molar-refractivity contribution in [2.24, 2.45) is 5.92 Å². The molecule has 0 aliphatic carbocycles. The molecule has 0 aromatic heterocycles. The molecule has 0 saturated heterocycles. The Morgan fingerprint density at radius 1 is 1.69 bits per heavy atom. The molecule has 3 nitrogen and oxygen atoms in total. The summed E-state index contributed by atoms with van der Waals surface area (Å²) in [6.45, 7) is 3.65. The molecule has 0 aliphatic heterocycles. The van der Waals surface area contributed by atoms with Crippen LogP contribution in [-0.2, 0) is 9.53 Å². The van der Waals surface area contributed by atoms with E-state index in [9.17, 15) is 14.3 Å². The minimum Gasteiger partial charge on any atom is -0.466 e. The molecule has 0 radical (unpaired) electrons. The minimum atomic E-state index is -2.49. The predicted octanol–water partition coefficient (Wildman–Crippen LogP) is 1.63. The number of halogens is 2. The molecule has 0 fully saturated rings. The van der Waals surface area contributed by atoms with E-state index in [1.54, 1.807) is 0 Å². The van der Waals surface area contributed by atoms with Crippen LogP contribution in [0.4, 0.5) is 4.39 Å². The second kappa shape index (κ2) is 4.91. The highest BCUT2D eigenvalue weighted by atomic mass is 79.9. The number of aliphatic hydroxyl groups excluding tert-OH is 1. The molecular weight excluding hydrogens is 243 g/mol. The van der Waals surface area contributed by atoms with Crippen LogP contribution in [0.15, 0.2) is 0 Å². The van der Waals surface area contributed by atoms with Crippen LogP contribution in [0.3, 0.4) is 0 Å². The Kier molecular flexibility index (Phi) is 4.85. The van der Waals surface area contributed by atoms with Gasteiger partial charge in [0.25, 0.3) is 4.58 Å². The van der Waals surface area contributed by atoms with E-state index in [2.05, 4.69) is 20.7 Å². The molecular formula is C8H14BrFO3. The van der Waals surface area contributed by atoms with E-state index in [0.717, 1.165) is 7.11 Å². The Labute approximate surface area is 85.4 Å². The van der Waals surface area contributed by atoms with E-state index in [1.807, 2.05) is 13.8 Å². The molecule has 0 heterocycles.